The van der Waals surface area contributed by atoms with Crippen molar-refractivity contribution in [2.75, 3.05) is 110 Å². The number of nitrogens with one attached hydrogen (secondary N) is 4. The van der Waals surface area contributed by atoms with Gasteiger partial charge in [0, 0.05) is 87.2 Å². The highest BCUT2D eigenvalue weighted by Gasteiger charge is 2.57. The highest BCUT2D eigenvalue weighted by atomic mass is 33.1. The number of carbonyl (C=O) groups is 11. The third-order valence-electron chi connectivity index (χ3n) is 16.4. The molecule has 0 aromatic rings. The Balaban J connectivity index is 0.878. The average molecular weight is 1420 g/mol. The molecule has 5 rings (SSSR count). The predicted molar refractivity (Wildman–Crippen MR) is 343 cm³/mol. The molecule has 5 heterocycles. The zero-order chi connectivity index (χ0) is 70.6. The summed E-state index contributed by atoms with van der Waals surface area (Å²) in [4.78, 5) is 143. The minimum atomic E-state index is -1.69. The lowest BCUT2D eigenvalue weighted by Crippen LogP contribution is -2.68. The lowest BCUT2D eigenvalue weighted by Gasteiger charge is -2.44. The number of ether oxygens (including phenoxy) is 6. The van der Waals surface area contributed by atoms with E-state index in [4.69, 9.17) is 29.8 Å². The SMILES string of the molecule is [3H]C1CC(=O)N(CCC(=O)N(CCOCCOCCNC(=O)CCC(C)(C)SSCCC(C)(C)C(=O)OCC2[C@@H](O)[C@H](O)[C@H](O)[C@H]3NC(=O)C(=O)N23)CCOCCOCCNC(=O)CCC(C)(C)SSCCC(C)(C)C(=O)OCC2[C@H](O)[C@@H](O)[C@@H](O)[C@@H]3NC(=O)C(=O)N23)C1=O. The number of rotatable bonds is 43. The van der Waals surface area contributed by atoms with Gasteiger partial charge in [-0.05, 0) is 81.1 Å². The highest BCUT2D eigenvalue weighted by molar-refractivity contribution is 8.77. The number of carbonyl (C=O) groups excluding carboxylic acids is 11. The van der Waals surface area contributed by atoms with Crippen molar-refractivity contribution in [3.05, 3.63) is 0 Å². The fourth-order valence-electron chi connectivity index (χ4n) is 10.2. The maximum absolute atomic E-state index is 13.3. The van der Waals surface area contributed by atoms with E-state index in [0.717, 1.165) is 14.7 Å². The number of amides is 9. The number of imide groups is 1. The Morgan fingerprint density at radius 1 is 0.543 bits per heavy atom. The highest BCUT2D eigenvalue weighted by Crippen LogP contribution is 2.42. The minimum absolute atomic E-state index is 0.133. The van der Waals surface area contributed by atoms with Crippen LogP contribution in [-0.2, 0) is 81.2 Å². The van der Waals surface area contributed by atoms with E-state index in [0.29, 0.717) is 37.2 Å². The minimum Gasteiger partial charge on any atom is -0.463 e. The van der Waals surface area contributed by atoms with Crippen LogP contribution in [0.25, 0.3) is 0 Å². The van der Waals surface area contributed by atoms with Gasteiger partial charge in [0.15, 0.2) is 0 Å². The van der Waals surface area contributed by atoms with E-state index in [1.165, 1.54) is 26.5 Å². The summed E-state index contributed by atoms with van der Waals surface area (Å²) >= 11 is 0. The lowest BCUT2D eigenvalue weighted by atomic mass is 9.90. The van der Waals surface area contributed by atoms with Gasteiger partial charge in [0.25, 0.3) is 0 Å². The summed E-state index contributed by atoms with van der Waals surface area (Å²) in [5.41, 5.74) is -1.95. The van der Waals surface area contributed by atoms with Crippen molar-refractivity contribution in [3.63, 3.8) is 0 Å². The van der Waals surface area contributed by atoms with E-state index >= 15 is 0 Å². The predicted octanol–water partition coefficient (Wildman–Crippen LogP) is -2.05. The van der Waals surface area contributed by atoms with Crippen LogP contribution in [0.4, 0.5) is 0 Å². The molecule has 0 saturated carbocycles. The van der Waals surface area contributed by atoms with Crippen LogP contribution in [0, 0.1) is 10.8 Å². The molecule has 5 aliphatic heterocycles. The van der Waals surface area contributed by atoms with Gasteiger partial charge < -0.3 is 95.0 Å². The second-order valence-electron chi connectivity index (χ2n) is 25.7. The first-order chi connectivity index (χ1) is 44.6. The molecule has 0 spiro atoms. The summed E-state index contributed by atoms with van der Waals surface area (Å²) in [6, 6.07) is -2.51. The standard InChI is InChI=1S/C59H96N8O23S4/c1-56(2,54(83)89-33-35-42(73)44(75)46(77)48-62-50(79)52(81)66(35)48)16-31-91-93-58(5,6)14-11-37(68)60-18-23-85-27-29-87-25-21-64(39(70)13-20-65-40(71)9-10-41(65)72)22-26-88-30-28-86-24-19-61-38(69)12-15-59(7,8)94-92-32-17-57(3,4)55(84)90-34-36-43(74)45(76)47(78)49-63-51(80)53(82)67(36)49/h35-36,42-49,73-78H,9-34H2,1-8H3,(H,60,68)(H,61,69)(H,62,79)(H,63,80)/t35?,36?,42-,43+,44+,45-,46+,47-,48+,49-/i9T/t9?,35?,36?,42-,43+,44+,45-,46+,47-,48+,49-. The first kappa shape index (κ1) is 78.4. The van der Waals surface area contributed by atoms with Gasteiger partial charge in [-0.1, -0.05) is 43.2 Å². The number of hydrogen-bond donors (Lipinski definition) is 10. The number of aliphatic hydroxyl groups is 6. The van der Waals surface area contributed by atoms with Crippen molar-refractivity contribution in [1.82, 2.24) is 40.9 Å². The summed E-state index contributed by atoms with van der Waals surface area (Å²) in [6.45, 7) is 16.0. The van der Waals surface area contributed by atoms with Crippen molar-refractivity contribution < 1.29 is 113 Å². The average Bonchev–Trinajstić information content (AvgIpc) is 1.66. The normalized spacial score (nSPS) is 25.0. The first-order valence-corrected chi connectivity index (χ1v) is 35.9. The lowest BCUT2D eigenvalue weighted by molar-refractivity contribution is -0.184. The maximum Gasteiger partial charge on any atom is 0.314 e. The van der Waals surface area contributed by atoms with E-state index in [1.807, 2.05) is 27.7 Å². The molecule has 534 valence electrons. The second kappa shape index (κ2) is 37.4. The number of hydrogen-bond acceptors (Lipinski definition) is 27. The molecular formula is C59H96N8O23S4. The van der Waals surface area contributed by atoms with Crippen molar-refractivity contribution in [3.8, 4) is 0 Å². The molecule has 10 N–H and O–H groups in total. The Hall–Kier alpha value is -4.63. The van der Waals surface area contributed by atoms with E-state index in [2.05, 4.69) is 21.3 Å². The Morgan fingerprint density at radius 3 is 1.32 bits per heavy atom. The van der Waals surface area contributed by atoms with Crippen molar-refractivity contribution >= 4 is 108 Å². The monoisotopic (exact) mass is 1410 g/mol. The quantitative estimate of drug-likeness (QED) is 0.0103. The largest absolute Gasteiger partial charge is 0.463 e. The van der Waals surface area contributed by atoms with Gasteiger partial charge in [-0.3, -0.25) is 57.6 Å². The summed E-state index contributed by atoms with van der Waals surface area (Å²) in [5.74, 6) is -6.00. The van der Waals surface area contributed by atoms with Crippen molar-refractivity contribution in [2.45, 2.75) is 184 Å². The topological polar surface area (TPSA) is 426 Å². The number of likely N-dealkylation sites (tertiary alicyclic amines) is 1. The van der Waals surface area contributed by atoms with E-state index < -0.39 is 139 Å². The molecule has 3 unspecified atom stereocenters. The van der Waals surface area contributed by atoms with Crippen LogP contribution in [0.15, 0.2) is 0 Å². The number of esters is 2. The molecule has 0 aromatic heterocycles. The number of piperidine rings is 2. The summed E-state index contributed by atoms with van der Waals surface area (Å²) in [6.07, 6.45) is -11.7. The van der Waals surface area contributed by atoms with E-state index in [9.17, 15) is 83.4 Å². The van der Waals surface area contributed by atoms with Gasteiger partial charge in [0.05, 0.1) is 75.8 Å². The van der Waals surface area contributed by atoms with Gasteiger partial charge >= 0.3 is 35.6 Å². The molecule has 0 aliphatic carbocycles. The molecule has 5 aliphatic rings. The number of nitrogens with zero attached hydrogens (tertiary/aromatic N) is 4. The molecule has 0 aromatic carbocycles. The molecule has 31 nitrogen and oxygen atoms in total. The van der Waals surface area contributed by atoms with Crippen LogP contribution in [0.3, 0.4) is 0 Å². The Bertz CT molecular complexity index is 2530. The summed E-state index contributed by atoms with van der Waals surface area (Å²) in [7, 11) is 6.20. The molecule has 35 heteroatoms. The molecule has 5 saturated heterocycles. The van der Waals surface area contributed by atoms with Gasteiger partial charge in [0.2, 0.25) is 29.5 Å². The van der Waals surface area contributed by atoms with Crippen LogP contribution < -0.4 is 21.3 Å². The Kier molecular flexibility index (Phi) is 31.1. The molecule has 11 atom stereocenters. The van der Waals surface area contributed by atoms with Gasteiger partial charge in [0.1, 0.15) is 62.2 Å². The molecule has 94 heavy (non-hydrogen) atoms. The van der Waals surface area contributed by atoms with Crippen molar-refractivity contribution in [2.24, 2.45) is 10.8 Å². The van der Waals surface area contributed by atoms with Gasteiger partial charge in [-0.25, -0.2) is 0 Å². The Morgan fingerprint density at radius 2 is 0.936 bits per heavy atom. The molecule has 5 fully saturated rings. The van der Waals surface area contributed by atoms with Crippen molar-refractivity contribution in [1.29, 1.82) is 0 Å². The number of fused-ring (bicyclic) bond motifs is 2. The van der Waals surface area contributed by atoms with E-state index in [1.54, 1.807) is 49.3 Å². The van der Waals surface area contributed by atoms with Crippen LogP contribution >= 0.6 is 43.2 Å². The maximum atomic E-state index is 13.3. The van der Waals surface area contributed by atoms with Crippen LogP contribution in [0.2, 0.25) is 0 Å². The van der Waals surface area contributed by atoms with E-state index in [-0.39, 0.29) is 138 Å². The zero-order valence-electron chi connectivity index (χ0n) is 55.6. The third-order valence-corrected chi connectivity index (χ3v) is 23.1. The van der Waals surface area contributed by atoms with Crippen LogP contribution in [0.5, 0.6) is 0 Å². The number of aliphatic hydroxyl groups excluding tert-OH is 6. The Labute approximate surface area is 564 Å². The zero-order valence-corrected chi connectivity index (χ0v) is 57.8. The summed E-state index contributed by atoms with van der Waals surface area (Å²) in [5, 5.41) is 72.4. The molecule has 0 radical (unpaired) electrons. The van der Waals surface area contributed by atoms with Gasteiger partial charge in [-0.2, -0.15) is 0 Å². The fourth-order valence-corrected chi connectivity index (χ4v) is 15.9. The van der Waals surface area contributed by atoms with Crippen LogP contribution in [-0.4, -0.2) is 296 Å². The second-order valence-corrected chi connectivity index (χ2v) is 32.0. The van der Waals surface area contributed by atoms with Gasteiger partial charge in [-0.15, -0.1) is 0 Å². The molecule has 9 amide bonds. The fraction of sp³-hybridized carbons (Fsp3) is 0.814. The molecule has 0 bridgehead atoms. The third kappa shape index (κ3) is 23.8. The summed E-state index contributed by atoms with van der Waals surface area (Å²) < 4.78 is 40.8. The molecular weight excluding hydrogens is 1320 g/mol. The smallest absolute Gasteiger partial charge is 0.314 e. The first-order valence-electron chi connectivity index (χ1n) is 31.9. The van der Waals surface area contributed by atoms with Crippen LogP contribution in [0.1, 0.15) is 115 Å².